The summed E-state index contributed by atoms with van der Waals surface area (Å²) in [5.41, 5.74) is 1.92. The zero-order valence-corrected chi connectivity index (χ0v) is 11.1. The lowest BCUT2D eigenvalue weighted by Gasteiger charge is -2.08. The number of alkyl halides is 1. The number of hydrogen-bond acceptors (Lipinski definition) is 4. The molecule has 4 nitrogen and oxygen atoms in total. The molecule has 0 saturated heterocycles. The molecule has 1 aromatic rings. The van der Waals surface area contributed by atoms with E-state index in [1.54, 1.807) is 6.92 Å². The van der Waals surface area contributed by atoms with Crippen LogP contribution in [0, 0.1) is 0 Å². The van der Waals surface area contributed by atoms with E-state index in [2.05, 4.69) is 15.9 Å². The number of esters is 1. The standard InChI is InChI=1S/C12H13BrO4/c1-2-15-12(14)5-8-3-10-11(17-7-16-10)4-9(8)6-13/h3-4H,2,5-7H2,1H3. The molecule has 0 fully saturated rings. The molecule has 0 N–H and O–H groups in total. The first-order chi connectivity index (χ1) is 8.24. The molecule has 0 atom stereocenters. The molecule has 0 spiro atoms. The fourth-order valence-electron chi connectivity index (χ4n) is 1.68. The van der Waals surface area contributed by atoms with Gasteiger partial charge in [0.2, 0.25) is 6.79 Å². The molecule has 0 aliphatic carbocycles. The second kappa shape index (κ2) is 5.40. The van der Waals surface area contributed by atoms with E-state index in [0.717, 1.165) is 16.9 Å². The summed E-state index contributed by atoms with van der Waals surface area (Å²) in [6.45, 7) is 2.43. The van der Waals surface area contributed by atoms with Crippen molar-refractivity contribution in [2.24, 2.45) is 0 Å². The third-order valence-corrected chi connectivity index (χ3v) is 3.08. The molecular weight excluding hydrogens is 288 g/mol. The predicted octanol–water partition coefficient (Wildman–Crippen LogP) is 2.42. The second-order valence-corrected chi connectivity index (χ2v) is 4.15. The van der Waals surface area contributed by atoms with Gasteiger partial charge in [-0.15, -0.1) is 0 Å². The van der Waals surface area contributed by atoms with Crippen LogP contribution in [0.1, 0.15) is 18.1 Å². The van der Waals surface area contributed by atoms with Gasteiger partial charge < -0.3 is 14.2 Å². The minimum atomic E-state index is -0.228. The number of hydrogen-bond donors (Lipinski definition) is 0. The van der Waals surface area contributed by atoms with Crippen molar-refractivity contribution >= 4 is 21.9 Å². The molecule has 1 aliphatic heterocycles. The first kappa shape index (κ1) is 12.2. The van der Waals surface area contributed by atoms with Gasteiger partial charge in [-0.25, -0.2) is 0 Å². The van der Waals surface area contributed by atoms with Crippen LogP contribution in [0.3, 0.4) is 0 Å². The topological polar surface area (TPSA) is 44.8 Å². The molecule has 0 unspecified atom stereocenters. The van der Waals surface area contributed by atoms with Crippen LogP contribution >= 0.6 is 15.9 Å². The van der Waals surface area contributed by atoms with Crippen LogP contribution < -0.4 is 9.47 Å². The van der Waals surface area contributed by atoms with Gasteiger partial charge in [0.05, 0.1) is 13.0 Å². The van der Waals surface area contributed by atoms with Gasteiger partial charge in [-0.1, -0.05) is 15.9 Å². The zero-order valence-electron chi connectivity index (χ0n) is 9.49. The Hall–Kier alpha value is -1.23. The number of rotatable bonds is 4. The monoisotopic (exact) mass is 300 g/mol. The van der Waals surface area contributed by atoms with Gasteiger partial charge in [0, 0.05) is 5.33 Å². The molecule has 2 rings (SSSR count). The van der Waals surface area contributed by atoms with Gasteiger partial charge in [0.1, 0.15) is 0 Å². The van der Waals surface area contributed by atoms with Crippen LogP contribution in [0.15, 0.2) is 12.1 Å². The second-order valence-electron chi connectivity index (χ2n) is 3.59. The zero-order chi connectivity index (χ0) is 12.3. The van der Waals surface area contributed by atoms with E-state index in [9.17, 15) is 4.79 Å². The van der Waals surface area contributed by atoms with Gasteiger partial charge in [0.25, 0.3) is 0 Å². The maximum Gasteiger partial charge on any atom is 0.310 e. The Balaban J connectivity index is 2.23. The Bertz CT molecular complexity index is 431. The normalized spacial score (nSPS) is 12.6. The molecule has 0 radical (unpaired) electrons. The van der Waals surface area contributed by atoms with E-state index < -0.39 is 0 Å². The van der Waals surface area contributed by atoms with Gasteiger partial charge in [0.15, 0.2) is 11.5 Å². The lowest BCUT2D eigenvalue weighted by Crippen LogP contribution is -2.09. The van der Waals surface area contributed by atoms with Crippen LogP contribution in [-0.4, -0.2) is 19.4 Å². The highest BCUT2D eigenvalue weighted by atomic mass is 79.9. The smallest absolute Gasteiger partial charge is 0.310 e. The Morgan fingerprint density at radius 3 is 2.59 bits per heavy atom. The number of carbonyl (C=O) groups is 1. The molecule has 0 aromatic heterocycles. The first-order valence-electron chi connectivity index (χ1n) is 5.37. The number of fused-ring (bicyclic) bond motifs is 1. The van der Waals surface area contributed by atoms with E-state index in [4.69, 9.17) is 14.2 Å². The molecular formula is C12H13BrO4. The summed E-state index contributed by atoms with van der Waals surface area (Å²) >= 11 is 3.40. The lowest BCUT2D eigenvalue weighted by atomic mass is 10.0. The number of benzene rings is 1. The molecule has 0 saturated carbocycles. The van der Waals surface area contributed by atoms with Crippen LogP contribution in [0.2, 0.25) is 0 Å². The lowest BCUT2D eigenvalue weighted by molar-refractivity contribution is -0.142. The average Bonchev–Trinajstić information content (AvgIpc) is 2.75. The Labute approximate surface area is 108 Å². The average molecular weight is 301 g/mol. The van der Waals surface area contributed by atoms with Gasteiger partial charge >= 0.3 is 5.97 Å². The summed E-state index contributed by atoms with van der Waals surface area (Å²) in [5, 5.41) is 0.665. The van der Waals surface area contributed by atoms with Crippen molar-refractivity contribution in [2.45, 2.75) is 18.7 Å². The highest BCUT2D eigenvalue weighted by Gasteiger charge is 2.18. The van der Waals surface area contributed by atoms with Gasteiger partial charge in [-0.3, -0.25) is 4.79 Å². The Morgan fingerprint density at radius 2 is 2.00 bits per heavy atom. The van der Waals surface area contributed by atoms with Crippen molar-refractivity contribution in [3.8, 4) is 11.5 Å². The van der Waals surface area contributed by atoms with Gasteiger partial charge in [-0.05, 0) is 30.2 Å². The molecule has 0 amide bonds. The fourth-order valence-corrected chi connectivity index (χ4v) is 2.20. The third kappa shape index (κ3) is 2.72. The summed E-state index contributed by atoms with van der Waals surface area (Å²) in [6, 6.07) is 3.74. The third-order valence-electron chi connectivity index (χ3n) is 2.48. The maximum absolute atomic E-state index is 11.5. The van der Waals surface area contributed by atoms with Crippen molar-refractivity contribution in [3.05, 3.63) is 23.3 Å². The highest BCUT2D eigenvalue weighted by molar-refractivity contribution is 9.08. The molecule has 1 aliphatic rings. The summed E-state index contributed by atoms with van der Waals surface area (Å²) < 4.78 is 15.5. The van der Waals surface area contributed by atoms with Crippen LogP contribution in [0.5, 0.6) is 11.5 Å². The van der Waals surface area contributed by atoms with E-state index in [1.807, 2.05) is 12.1 Å². The summed E-state index contributed by atoms with van der Waals surface area (Å²) in [5.74, 6) is 1.19. The van der Waals surface area contributed by atoms with E-state index in [1.165, 1.54) is 0 Å². The molecule has 17 heavy (non-hydrogen) atoms. The van der Waals surface area contributed by atoms with Crippen LogP contribution in [-0.2, 0) is 21.3 Å². The fraction of sp³-hybridized carbons (Fsp3) is 0.417. The minimum Gasteiger partial charge on any atom is -0.466 e. The Kier molecular flexibility index (Phi) is 3.89. The van der Waals surface area contributed by atoms with Crippen molar-refractivity contribution in [1.29, 1.82) is 0 Å². The predicted molar refractivity (Wildman–Crippen MR) is 65.5 cm³/mol. The van der Waals surface area contributed by atoms with Crippen molar-refractivity contribution in [3.63, 3.8) is 0 Å². The van der Waals surface area contributed by atoms with E-state index in [0.29, 0.717) is 17.7 Å². The Morgan fingerprint density at radius 1 is 1.35 bits per heavy atom. The van der Waals surface area contributed by atoms with Gasteiger partial charge in [-0.2, -0.15) is 0 Å². The van der Waals surface area contributed by atoms with Crippen molar-refractivity contribution in [2.75, 3.05) is 13.4 Å². The van der Waals surface area contributed by atoms with E-state index >= 15 is 0 Å². The SMILES string of the molecule is CCOC(=O)Cc1cc2c(cc1CBr)OCO2. The molecule has 1 heterocycles. The van der Waals surface area contributed by atoms with Crippen LogP contribution in [0.25, 0.3) is 0 Å². The highest BCUT2D eigenvalue weighted by Crippen LogP contribution is 2.35. The van der Waals surface area contributed by atoms with Crippen molar-refractivity contribution < 1.29 is 19.0 Å². The number of halogens is 1. The molecule has 1 aromatic carbocycles. The summed E-state index contributed by atoms with van der Waals surface area (Å²) in [7, 11) is 0. The molecule has 5 heteroatoms. The largest absolute Gasteiger partial charge is 0.466 e. The first-order valence-corrected chi connectivity index (χ1v) is 6.49. The van der Waals surface area contributed by atoms with Crippen molar-refractivity contribution in [1.82, 2.24) is 0 Å². The number of carbonyl (C=O) groups excluding carboxylic acids is 1. The number of ether oxygens (including phenoxy) is 3. The quantitative estimate of drug-likeness (QED) is 0.633. The summed E-state index contributed by atoms with van der Waals surface area (Å²) in [6.07, 6.45) is 0.255. The summed E-state index contributed by atoms with van der Waals surface area (Å²) in [4.78, 5) is 11.5. The molecule has 0 bridgehead atoms. The van der Waals surface area contributed by atoms with Crippen LogP contribution in [0.4, 0.5) is 0 Å². The molecule has 92 valence electrons. The minimum absolute atomic E-state index is 0.228. The maximum atomic E-state index is 11.5. The van der Waals surface area contributed by atoms with E-state index in [-0.39, 0.29) is 19.2 Å².